The summed E-state index contributed by atoms with van der Waals surface area (Å²) in [7, 11) is 0. The average Bonchev–Trinajstić information content (AvgIpc) is 2.49. The molecule has 0 unspecified atom stereocenters. The number of para-hydroxylation sites is 1. The summed E-state index contributed by atoms with van der Waals surface area (Å²) in [6.07, 6.45) is 12.2. The van der Waals surface area contributed by atoms with E-state index in [0.717, 1.165) is 17.7 Å². The summed E-state index contributed by atoms with van der Waals surface area (Å²) in [4.78, 5) is 0. The topological polar surface area (TPSA) is 9.23 Å². The molecule has 0 saturated carbocycles. The SMILES string of the molecule is CCCCCCCCCCCOc1ccccc1CBr. The molecule has 2 heteroatoms. The van der Waals surface area contributed by atoms with Gasteiger partial charge >= 0.3 is 0 Å². The number of unbranched alkanes of at least 4 members (excludes halogenated alkanes) is 8. The third kappa shape index (κ3) is 7.94. The standard InChI is InChI=1S/C18H29BrO/c1-2-3-4-5-6-7-8-9-12-15-20-18-14-11-10-13-17(18)16-19/h10-11,13-14H,2-9,12,15-16H2,1H3. The molecular formula is C18H29BrO. The smallest absolute Gasteiger partial charge is 0.123 e. The minimum Gasteiger partial charge on any atom is -0.493 e. The zero-order valence-corrected chi connectivity index (χ0v) is 14.5. The number of hydrogen-bond acceptors (Lipinski definition) is 1. The Kier molecular flexibility index (Phi) is 10.8. The summed E-state index contributed by atoms with van der Waals surface area (Å²) in [5.41, 5.74) is 1.24. The van der Waals surface area contributed by atoms with Crippen molar-refractivity contribution in [3.8, 4) is 5.75 Å². The molecule has 0 radical (unpaired) electrons. The molecule has 0 amide bonds. The number of halogens is 1. The van der Waals surface area contributed by atoms with E-state index in [2.05, 4.69) is 41.1 Å². The van der Waals surface area contributed by atoms with Gasteiger partial charge in [-0.1, -0.05) is 92.4 Å². The van der Waals surface area contributed by atoms with Gasteiger partial charge in [-0.3, -0.25) is 0 Å². The first-order valence-electron chi connectivity index (χ1n) is 8.15. The van der Waals surface area contributed by atoms with E-state index < -0.39 is 0 Å². The van der Waals surface area contributed by atoms with Gasteiger partial charge in [0.05, 0.1) is 6.61 Å². The maximum atomic E-state index is 5.86. The van der Waals surface area contributed by atoms with Crippen LogP contribution in [-0.4, -0.2) is 6.61 Å². The van der Waals surface area contributed by atoms with Crippen molar-refractivity contribution in [1.29, 1.82) is 0 Å². The summed E-state index contributed by atoms with van der Waals surface area (Å²) in [6, 6.07) is 8.27. The molecule has 1 rings (SSSR count). The monoisotopic (exact) mass is 340 g/mol. The molecule has 20 heavy (non-hydrogen) atoms. The van der Waals surface area contributed by atoms with Gasteiger partial charge in [-0.05, 0) is 12.5 Å². The second-order valence-corrected chi connectivity index (χ2v) is 5.98. The fraction of sp³-hybridized carbons (Fsp3) is 0.667. The van der Waals surface area contributed by atoms with Gasteiger partial charge in [0.1, 0.15) is 5.75 Å². The number of ether oxygens (including phenoxy) is 1. The summed E-state index contributed by atoms with van der Waals surface area (Å²) in [5, 5.41) is 0.862. The molecule has 1 aromatic carbocycles. The quantitative estimate of drug-likeness (QED) is 0.312. The number of rotatable bonds is 12. The van der Waals surface area contributed by atoms with Gasteiger partial charge in [0.2, 0.25) is 0 Å². The first-order chi connectivity index (χ1) is 9.88. The van der Waals surface area contributed by atoms with Crippen molar-refractivity contribution in [3.05, 3.63) is 29.8 Å². The van der Waals surface area contributed by atoms with Crippen molar-refractivity contribution in [2.75, 3.05) is 6.61 Å². The van der Waals surface area contributed by atoms with Gasteiger partial charge in [-0.25, -0.2) is 0 Å². The van der Waals surface area contributed by atoms with Gasteiger partial charge in [0, 0.05) is 10.9 Å². The van der Waals surface area contributed by atoms with Crippen LogP contribution in [0.5, 0.6) is 5.75 Å². The van der Waals surface area contributed by atoms with Crippen LogP contribution in [0.15, 0.2) is 24.3 Å². The van der Waals surface area contributed by atoms with Crippen LogP contribution in [0.25, 0.3) is 0 Å². The molecule has 114 valence electrons. The highest BCUT2D eigenvalue weighted by Crippen LogP contribution is 2.20. The van der Waals surface area contributed by atoms with Crippen LogP contribution < -0.4 is 4.74 Å². The van der Waals surface area contributed by atoms with Crippen LogP contribution in [0, 0.1) is 0 Å². The van der Waals surface area contributed by atoms with Crippen LogP contribution >= 0.6 is 15.9 Å². The van der Waals surface area contributed by atoms with Crippen LogP contribution in [0.3, 0.4) is 0 Å². The highest BCUT2D eigenvalue weighted by atomic mass is 79.9. The number of benzene rings is 1. The zero-order valence-electron chi connectivity index (χ0n) is 12.9. The Labute approximate surface area is 133 Å². The first-order valence-corrected chi connectivity index (χ1v) is 9.27. The van der Waals surface area contributed by atoms with E-state index in [4.69, 9.17) is 4.74 Å². The Morgan fingerprint density at radius 1 is 0.850 bits per heavy atom. The van der Waals surface area contributed by atoms with Crippen molar-refractivity contribution in [2.45, 2.75) is 70.0 Å². The Morgan fingerprint density at radius 2 is 1.45 bits per heavy atom. The van der Waals surface area contributed by atoms with E-state index in [9.17, 15) is 0 Å². The zero-order chi connectivity index (χ0) is 14.5. The van der Waals surface area contributed by atoms with E-state index >= 15 is 0 Å². The van der Waals surface area contributed by atoms with Crippen molar-refractivity contribution < 1.29 is 4.74 Å². The van der Waals surface area contributed by atoms with E-state index in [0.29, 0.717) is 0 Å². The highest BCUT2D eigenvalue weighted by molar-refractivity contribution is 9.08. The molecule has 1 nitrogen and oxygen atoms in total. The van der Waals surface area contributed by atoms with Gasteiger partial charge in [0.15, 0.2) is 0 Å². The molecule has 0 aliphatic heterocycles. The normalized spacial score (nSPS) is 10.7. The van der Waals surface area contributed by atoms with Gasteiger partial charge in [-0.15, -0.1) is 0 Å². The van der Waals surface area contributed by atoms with Gasteiger partial charge in [-0.2, -0.15) is 0 Å². The lowest BCUT2D eigenvalue weighted by Crippen LogP contribution is -1.99. The van der Waals surface area contributed by atoms with Crippen LogP contribution in [-0.2, 0) is 5.33 Å². The van der Waals surface area contributed by atoms with Gasteiger partial charge < -0.3 is 4.74 Å². The van der Waals surface area contributed by atoms with E-state index in [1.807, 2.05) is 6.07 Å². The molecule has 0 aliphatic carbocycles. The van der Waals surface area contributed by atoms with E-state index in [1.165, 1.54) is 63.4 Å². The largest absolute Gasteiger partial charge is 0.493 e. The second-order valence-electron chi connectivity index (χ2n) is 5.42. The molecule has 0 N–H and O–H groups in total. The second kappa shape index (κ2) is 12.3. The maximum Gasteiger partial charge on any atom is 0.123 e. The van der Waals surface area contributed by atoms with Crippen molar-refractivity contribution >= 4 is 15.9 Å². The molecule has 0 heterocycles. The van der Waals surface area contributed by atoms with Crippen LogP contribution in [0.1, 0.15) is 70.3 Å². The van der Waals surface area contributed by atoms with E-state index in [1.54, 1.807) is 0 Å². The Morgan fingerprint density at radius 3 is 2.10 bits per heavy atom. The fourth-order valence-corrected chi connectivity index (χ4v) is 2.81. The lowest BCUT2D eigenvalue weighted by Gasteiger charge is -2.09. The van der Waals surface area contributed by atoms with Crippen molar-refractivity contribution in [3.63, 3.8) is 0 Å². The Bertz CT molecular complexity index is 338. The van der Waals surface area contributed by atoms with Crippen LogP contribution in [0.2, 0.25) is 0 Å². The summed E-state index contributed by atoms with van der Waals surface area (Å²) in [6.45, 7) is 3.12. The maximum absolute atomic E-state index is 5.86. The molecular weight excluding hydrogens is 312 g/mol. The summed E-state index contributed by atoms with van der Waals surface area (Å²) in [5.74, 6) is 1.03. The summed E-state index contributed by atoms with van der Waals surface area (Å²) < 4.78 is 5.86. The number of hydrogen-bond donors (Lipinski definition) is 0. The highest BCUT2D eigenvalue weighted by Gasteiger charge is 2.00. The van der Waals surface area contributed by atoms with Crippen molar-refractivity contribution in [1.82, 2.24) is 0 Å². The molecule has 1 aromatic rings. The molecule has 0 spiro atoms. The van der Waals surface area contributed by atoms with E-state index in [-0.39, 0.29) is 0 Å². The summed E-state index contributed by atoms with van der Waals surface area (Å²) >= 11 is 3.50. The average molecular weight is 341 g/mol. The Hall–Kier alpha value is -0.500. The van der Waals surface area contributed by atoms with Gasteiger partial charge in [0.25, 0.3) is 0 Å². The molecule has 0 atom stereocenters. The third-order valence-electron chi connectivity index (χ3n) is 3.62. The number of alkyl halides is 1. The Balaban J connectivity index is 1.97. The fourth-order valence-electron chi connectivity index (χ4n) is 2.35. The minimum absolute atomic E-state index is 0.847. The predicted molar refractivity (Wildman–Crippen MR) is 91.8 cm³/mol. The molecule has 0 bridgehead atoms. The predicted octanol–water partition coefficient (Wildman–Crippen LogP) is 6.49. The lowest BCUT2D eigenvalue weighted by molar-refractivity contribution is 0.302. The third-order valence-corrected chi connectivity index (χ3v) is 4.23. The van der Waals surface area contributed by atoms with Crippen LogP contribution in [0.4, 0.5) is 0 Å². The minimum atomic E-state index is 0.847. The first kappa shape index (κ1) is 17.6. The molecule has 0 fully saturated rings. The molecule has 0 aliphatic rings. The molecule has 0 aromatic heterocycles. The molecule has 0 saturated heterocycles. The van der Waals surface area contributed by atoms with Crippen molar-refractivity contribution in [2.24, 2.45) is 0 Å². The lowest BCUT2D eigenvalue weighted by atomic mass is 10.1.